The first kappa shape index (κ1) is 16.3. The summed E-state index contributed by atoms with van der Waals surface area (Å²) in [6.07, 6.45) is 4.23. The van der Waals surface area contributed by atoms with Gasteiger partial charge in [0.1, 0.15) is 0 Å². The molecule has 2 aliphatic rings. The minimum absolute atomic E-state index is 0.108. The lowest BCUT2D eigenvalue weighted by Gasteiger charge is -2.43. The molecule has 0 aromatic heterocycles. The van der Waals surface area contributed by atoms with Gasteiger partial charge in [-0.25, -0.2) is 8.78 Å². The van der Waals surface area contributed by atoms with Crippen LogP contribution in [0.3, 0.4) is 0 Å². The van der Waals surface area contributed by atoms with E-state index < -0.39 is 17.6 Å². The van der Waals surface area contributed by atoms with E-state index in [0.717, 1.165) is 25.5 Å². The zero-order valence-electron chi connectivity index (χ0n) is 13.0. The van der Waals surface area contributed by atoms with Gasteiger partial charge in [-0.1, -0.05) is 6.07 Å². The van der Waals surface area contributed by atoms with Crippen LogP contribution in [0.15, 0.2) is 18.2 Å². The van der Waals surface area contributed by atoms with Crippen molar-refractivity contribution < 1.29 is 18.7 Å². The van der Waals surface area contributed by atoms with Gasteiger partial charge in [-0.15, -0.1) is 0 Å². The number of carbonyl (C=O) groups is 1. The summed E-state index contributed by atoms with van der Waals surface area (Å²) in [4.78, 5) is 13.1. The Morgan fingerprint density at radius 2 is 2.00 bits per heavy atom. The predicted octanol–water partition coefficient (Wildman–Crippen LogP) is 2.38. The van der Waals surface area contributed by atoms with E-state index >= 15 is 0 Å². The molecule has 0 radical (unpaired) electrons. The van der Waals surface area contributed by atoms with Crippen LogP contribution in [0.2, 0.25) is 0 Å². The number of hydrogen-bond donors (Lipinski definition) is 2. The molecular weight excluding hydrogens is 302 g/mol. The van der Waals surface area contributed by atoms with E-state index in [4.69, 9.17) is 5.11 Å². The quantitative estimate of drug-likeness (QED) is 0.771. The molecule has 0 saturated heterocycles. The standard InChI is InChI=1S/C17H22F2N2O2/c18-15-4-3-12(5-16(15)19)8-20-13-6-14(7-13)21(10-17(22)23)9-11-1-2-11/h3-5,11,13-14,20H,1-2,6-10H2,(H,22,23). The van der Waals surface area contributed by atoms with Crippen LogP contribution in [0.4, 0.5) is 8.78 Å². The Bertz CT molecular complexity index is 572. The van der Waals surface area contributed by atoms with Crippen LogP contribution in [-0.4, -0.2) is 41.1 Å². The largest absolute Gasteiger partial charge is 0.480 e. The molecular formula is C17H22F2N2O2. The van der Waals surface area contributed by atoms with Crippen LogP contribution in [0.5, 0.6) is 0 Å². The molecule has 2 aliphatic carbocycles. The summed E-state index contributed by atoms with van der Waals surface area (Å²) in [7, 11) is 0. The number of carboxylic acids is 1. The van der Waals surface area contributed by atoms with Crippen molar-refractivity contribution >= 4 is 5.97 Å². The monoisotopic (exact) mass is 324 g/mol. The van der Waals surface area contributed by atoms with Crippen molar-refractivity contribution in [2.24, 2.45) is 5.92 Å². The summed E-state index contributed by atoms with van der Waals surface area (Å²) in [6.45, 7) is 1.49. The molecule has 0 bridgehead atoms. The fourth-order valence-corrected chi connectivity index (χ4v) is 3.11. The Labute approximate surface area is 134 Å². The Morgan fingerprint density at radius 3 is 2.61 bits per heavy atom. The normalized spacial score (nSPS) is 23.8. The van der Waals surface area contributed by atoms with Crippen molar-refractivity contribution in [3.8, 4) is 0 Å². The minimum Gasteiger partial charge on any atom is -0.480 e. The lowest BCUT2D eigenvalue weighted by atomic mass is 9.85. The van der Waals surface area contributed by atoms with Crippen molar-refractivity contribution in [3.63, 3.8) is 0 Å². The molecule has 2 fully saturated rings. The third kappa shape index (κ3) is 4.48. The number of nitrogens with zero attached hydrogens (tertiary/aromatic N) is 1. The van der Waals surface area contributed by atoms with Gasteiger partial charge in [0.25, 0.3) is 0 Å². The minimum atomic E-state index is -0.832. The Balaban J connectivity index is 1.43. The third-order valence-electron chi connectivity index (χ3n) is 4.74. The van der Waals surface area contributed by atoms with Gasteiger partial charge in [0.2, 0.25) is 0 Å². The smallest absolute Gasteiger partial charge is 0.317 e. The molecule has 23 heavy (non-hydrogen) atoms. The van der Waals surface area contributed by atoms with E-state index in [-0.39, 0.29) is 6.54 Å². The van der Waals surface area contributed by atoms with Gasteiger partial charge >= 0.3 is 5.97 Å². The third-order valence-corrected chi connectivity index (χ3v) is 4.74. The van der Waals surface area contributed by atoms with Crippen molar-refractivity contribution in [1.82, 2.24) is 10.2 Å². The molecule has 4 nitrogen and oxygen atoms in total. The van der Waals surface area contributed by atoms with Crippen LogP contribution in [0.1, 0.15) is 31.2 Å². The molecule has 0 spiro atoms. The summed E-state index contributed by atoms with van der Waals surface area (Å²) >= 11 is 0. The van der Waals surface area contributed by atoms with Crippen LogP contribution < -0.4 is 5.32 Å². The first-order valence-electron chi connectivity index (χ1n) is 8.14. The maximum atomic E-state index is 13.2. The van der Waals surface area contributed by atoms with Gasteiger partial charge in [0.15, 0.2) is 11.6 Å². The van der Waals surface area contributed by atoms with E-state index in [9.17, 15) is 13.6 Å². The van der Waals surface area contributed by atoms with E-state index in [1.807, 2.05) is 0 Å². The molecule has 6 heteroatoms. The average Bonchev–Trinajstić information content (AvgIpc) is 3.24. The molecule has 1 aromatic carbocycles. The fraction of sp³-hybridized carbons (Fsp3) is 0.588. The van der Waals surface area contributed by atoms with E-state index in [1.165, 1.54) is 18.9 Å². The fourth-order valence-electron chi connectivity index (χ4n) is 3.11. The maximum Gasteiger partial charge on any atom is 0.317 e. The van der Waals surface area contributed by atoms with Gasteiger partial charge < -0.3 is 10.4 Å². The summed E-state index contributed by atoms with van der Waals surface area (Å²) in [5, 5.41) is 12.4. The highest BCUT2D eigenvalue weighted by Crippen LogP contribution is 2.33. The average molecular weight is 324 g/mol. The molecule has 3 rings (SSSR count). The molecule has 0 aliphatic heterocycles. The van der Waals surface area contributed by atoms with E-state index in [2.05, 4.69) is 10.2 Å². The maximum absolute atomic E-state index is 13.2. The number of rotatable bonds is 8. The molecule has 0 unspecified atom stereocenters. The lowest BCUT2D eigenvalue weighted by molar-refractivity contribution is -0.139. The SMILES string of the molecule is O=C(O)CN(CC1CC1)C1CC(NCc2ccc(F)c(F)c2)C1. The highest BCUT2D eigenvalue weighted by molar-refractivity contribution is 5.69. The Hall–Kier alpha value is -1.53. The molecule has 2 saturated carbocycles. The Kier molecular flexibility index (Phi) is 4.92. The van der Waals surface area contributed by atoms with Crippen LogP contribution in [0.25, 0.3) is 0 Å². The second-order valence-electron chi connectivity index (χ2n) is 6.72. The van der Waals surface area contributed by atoms with Crippen LogP contribution in [0, 0.1) is 17.6 Å². The summed E-state index contributed by atoms with van der Waals surface area (Å²) in [5.41, 5.74) is 0.715. The van der Waals surface area contributed by atoms with Crippen molar-refractivity contribution in [3.05, 3.63) is 35.4 Å². The van der Waals surface area contributed by atoms with Gasteiger partial charge in [-0.3, -0.25) is 9.69 Å². The molecule has 126 valence electrons. The summed E-state index contributed by atoms with van der Waals surface area (Å²) < 4.78 is 26.0. The number of nitrogens with one attached hydrogen (secondary N) is 1. The second-order valence-corrected chi connectivity index (χ2v) is 6.72. The highest BCUT2D eigenvalue weighted by atomic mass is 19.2. The van der Waals surface area contributed by atoms with Crippen LogP contribution in [-0.2, 0) is 11.3 Å². The topological polar surface area (TPSA) is 52.6 Å². The highest BCUT2D eigenvalue weighted by Gasteiger charge is 2.36. The number of halogens is 2. The van der Waals surface area contributed by atoms with Gasteiger partial charge in [0, 0.05) is 25.2 Å². The lowest BCUT2D eigenvalue weighted by Crippen LogP contribution is -2.54. The van der Waals surface area contributed by atoms with Crippen molar-refractivity contribution in [1.29, 1.82) is 0 Å². The molecule has 0 atom stereocenters. The second kappa shape index (κ2) is 6.93. The molecule has 0 heterocycles. The van der Waals surface area contributed by atoms with Gasteiger partial charge in [-0.2, -0.15) is 0 Å². The number of hydrogen-bond acceptors (Lipinski definition) is 3. The molecule has 1 aromatic rings. The van der Waals surface area contributed by atoms with Gasteiger partial charge in [-0.05, 0) is 49.3 Å². The Morgan fingerprint density at radius 1 is 1.26 bits per heavy atom. The number of benzene rings is 1. The van der Waals surface area contributed by atoms with E-state index in [1.54, 1.807) is 6.07 Å². The van der Waals surface area contributed by atoms with Gasteiger partial charge in [0.05, 0.1) is 6.54 Å². The summed E-state index contributed by atoms with van der Waals surface area (Å²) in [6, 6.07) is 4.55. The van der Waals surface area contributed by atoms with Crippen molar-refractivity contribution in [2.75, 3.05) is 13.1 Å². The molecule has 0 amide bonds. The zero-order valence-corrected chi connectivity index (χ0v) is 13.0. The number of carboxylic acid groups (broad SMARTS) is 1. The van der Waals surface area contributed by atoms with Crippen molar-refractivity contribution in [2.45, 2.75) is 44.3 Å². The first-order valence-corrected chi connectivity index (χ1v) is 8.14. The molecule has 2 N–H and O–H groups in total. The van der Waals surface area contributed by atoms with Crippen LogP contribution >= 0.6 is 0 Å². The summed E-state index contributed by atoms with van der Waals surface area (Å²) in [5.74, 6) is -1.76. The van der Waals surface area contributed by atoms with E-state index in [0.29, 0.717) is 30.1 Å². The predicted molar refractivity (Wildman–Crippen MR) is 81.9 cm³/mol. The number of aliphatic carboxylic acids is 1. The first-order chi connectivity index (χ1) is 11.0. The zero-order chi connectivity index (χ0) is 16.4.